The first-order valence-electron chi connectivity index (χ1n) is 8.28. The SMILES string of the molecule is Cc1c(NC(=O)c2ccc(NC(=O)C(C)C)cc2)noc1C(C)(C)C. The van der Waals surface area contributed by atoms with Crippen molar-refractivity contribution >= 4 is 23.3 Å². The Morgan fingerprint density at radius 3 is 2.16 bits per heavy atom. The van der Waals surface area contributed by atoms with Gasteiger partial charge in [-0.15, -0.1) is 0 Å². The number of aromatic nitrogens is 1. The van der Waals surface area contributed by atoms with E-state index in [0.29, 0.717) is 17.1 Å². The van der Waals surface area contributed by atoms with Crippen LogP contribution in [0.5, 0.6) is 0 Å². The van der Waals surface area contributed by atoms with Crippen molar-refractivity contribution in [1.82, 2.24) is 5.16 Å². The van der Waals surface area contributed by atoms with Gasteiger partial charge in [-0.1, -0.05) is 39.8 Å². The summed E-state index contributed by atoms with van der Waals surface area (Å²) in [5.74, 6) is 0.723. The van der Waals surface area contributed by atoms with E-state index in [1.807, 2.05) is 41.5 Å². The van der Waals surface area contributed by atoms with Crippen molar-refractivity contribution in [2.24, 2.45) is 5.92 Å². The Morgan fingerprint density at radius 2 is 1.68 bits per heavy atom. The quantitative estimate of drug-likeness (QED) is 0.874. The molecule has 25 heavy (non-hydrogen) atoms. The normalized spacial score (nSPS) is 11.5. The third-order valence-corrected chi connectivity index (χ3v) is 3.78. The summed E-state index contributed by atoms with van der Waals surface area (Å²) in [7, 11) is 0. The fourth-order valence-corrected chi connectivity index (χ4v) is 2.32. The van der Waals surface area contributed by atoms with Gasteiger partial charge in [0.1, 0.15) is 5.76 Å². The summed E-state index contributed by atoms with van der Waals surface area (Å²) < 4.78 is 5.37. The number of hydrogen-bond donors (Lipinski definition) is 2. The maximum Gasteiger partial charge on any atom is 0.256 e. The molecule has 0 aliphatic heterocycles. The van der Waals surface area contributed by atoms with Crippen LogP contribution in [-0.4, -0.2) is 17.0 Å². The maximum atomic E-state index is 12.4. The van der Waals surface area contributed by atoms with Crippen LogP contribution in [0.2, 0.25) is 0 Å². The number of nitrogens with zero attached hydrogens (tertiary/aromatic N) is 1. The molecular weight excluding hydrogens is 318 g/mol. The third-order valence-electron chi connectivity index (χ3n) is 3.78. The molecule has 0 saturated carbocycles. The van der Waals surface area contributed by atoms with Crippen molar-refractivity contribution < 1.29 is 14.1 Å². The summed E-state index contributed by atoms with van der Waals surface area (Å²) in [4.78, 5) is 24.1. The molecule has 0 aliphatic carbocycles. The fraction of sp³-hybridized carbons (Fsp3) is 0.421. The number of nitrogens with one attached hydrogen (secondary N) is 2. The molecule has 1 aromatic carbocycles. The van der Waals surface area contributed by atoms with Gasteiger partial charge in [-0.05, 0) is 31.2 Å². The molecule has 0 spiro atoms. The second-order valence-electron chi connectivity index (χ2n) is 7.41. The molecule has 0 aliphatic rings. The molecule has 1 heterocycles. The Balaban J connectivity index is 2.09. The molecular formula is C19H25N3O3. The highest BCUT2D eigenvalue weighted by Crippen LogP contribution is 2.29. The Hall–Kier alpha value is -2.63. The summed E-state index contributed by atoms with van der Waals surface area (Å²) >= 11 is 0. The number of carbonyl (C=O) groups excluding carboxylic acids is 2. The van der Waals surface area contributed by atoms with Gasteiger partial charge in [-0.2, -0.15) is 0 Å². The van der Waals surface area contributed by atoms with Crippen LogP contribution in [0.15, 0.2) is 28.8 Å². The molecule has 6 heteroatoms. The van der Waals surface area contributed by atoms with Gasteiger partial charge < -0.3 is 15.2 Å². The van der Waals surface area contributed by atoms with E-state index in [4.69, 9.17) is 4.52 Å². The van der Waals surface area contributed by atoms with Gasteiger partial charge in [0.05, 0.1) is 0 Å². The fourth-order valence-electron chi connectivity index (χ4n) is 2.32. The number of hydrogen-bond acceptors (Lipinski definition) is 4. The van der Waals surface area contributed by atoms with Crippen LogP contribution >= 0.6 is 0 Å². The predicted octanol–water partition coefficient (Wildman–Crippen LogP) is 4.13. The highest BCUT2D eigenvalue weighted by Gasteiger charge is 2.25. The van der Waals surface area contributed by atoms with Gasteiger partial charge >= 0.3 is 0 Å². The standard InChI is InChI=1S/C19H25N3O3/c1-11(2)17(23)20-14-9-7-13(8-10-14)18(24)21-16-12(3)15(25-22-16)19(4,5)6/h7-11H,1-6H3,(H,20,23)(H,21,22,24). The van der Waals surface area contributed by atoms with Gasteiger partial charge in [0, 0.05) is 28.1 Å². The van der Waals surface area contributed by atoms with Crippen LogP contribution in [0.1, 0.15) is 56.3 Å². The van der Waals surface area contributed by atoms with Crippen LogP contribution in [0.4, 0.5) is 11.5 Å². The number of rotatable bonds is 4. The highest BCUT2D eigenvalue weighted by molar-refractivity contribution is 6.04. The van der Waals surface area contributed by atoms with E-state index in [0.717, 1.165) is 11.3 Å². The molecule has 2 aromatic rings. The van der Waals surface area contributed by atoms with Crippen molar-refractivity contribution in [2.45, 2.75) is 47.0 Å². The Labute approximate surface area is 148 Å². The van der Waals surface area contributed by atoms with Gasteiger partial charge in [0.25, 0.3) is 5.91 Å². The van der Waals surface area contributed by atoms with Crippen LogP contribution in [0.25, 0.3) is 0 Å². The molecule has 2 amide bonds. The highest BCUT2D eigenvalue weighted by atomic mass is 16.5. The number of amides is 2. The Bertz CT molecular complexity index is 768. The van der Waals surface area contributed by atoms with E-state index in [1.54, 1.807) is 24.3 Å². The van der Waals surface area contributed by atoms with E-state index in [-0.39, 0.29) is 23.1 Å². The minimum Gasteiger partial charge on any atom is -0.358 e. The van der Waals surface area contributed by atoms with Crippen molar-refractivity contribution in [3.63, 3.8) is 0 Å². The molecule has 2 N–H and O–H groups in total. The Kier molecular flexibility index (Phi) is 5.30. The second-order valence-corrected chi connectivity index (χ2v) is 7.41. The molecule has 0 atom stereocenters. The molecule has 134 valence electrons. The molecule has 0 bridgehead atoms. The summed E-state index contributed by atoms with van der Waals surface area (Å²) in [6.07, 6.45) is 0. The predicted molar refractivity (Wildman–Crippen MR) is 97.8 cm³/mol. The molecule has 0 unspecified atom stereocenters. The van der Waals surface area contributed by atoms with E-state index in [2.05, 4.69) is 15.8 Å². The average Bonchev–Trinajstić information content (AvgIpc) is 2.88. The first kappa shape index (κ1) is 18.7. The Morgan fingerprint density at radius 1 is 1.08 bits per heavy atom. The smallest absolute Gasteiger partial charge is 0.256 e. The summed E-state index contributed by atoms with van der Waals surface area (Å²) in [6, 6.07) is 6.72. The number of anilines is 2. The molecule has 1 aromatic heterocycles. The average molecular weight is 343 g/mol. The number of carbonyl (C=O) groups is 2. The summed E-state index contributed by atoms with van der Waals surface area (Å²) in [5, 5.41) is 9.51. The molecule has 0 radical (unpaired) electrons. The van der Waals surface area contributed by atoms with E-state index in [1.165, 1.54) is 0 Å². The van der Waals surface area contributed by atoms with Gasteiger partial charge in [-0.25, -0.2) is 0 Å². The van der Waals surface area contributed by atoms with Crippen molar-refractivity contribution in [2.75, 3.05) is 10.6 Å². The van der Waals surface area contributed by atoms with Crippen molar-refractivity contribution in [1.29, 1.82) is 0 Å². The molecule has 2 rings (SSSR count). The molecule has 0 fully saturated rings. The summed E-state index contributed by atoms with van der Waals surface area (Å²) in [6.45, 7) is 11.6. The van der Waals surface area contributed by atoms with Gasteiger partial charge in [0.15, 0.2) is 5.82 Å². The van der Waals surface area contributed by atoms with Gasteiger partial charge in [0.2, 0.25) is 5.91 Å². The zero-order valence-electron chi connectivity index (χ0n) is 15.6. The number of benzene rings is 1. The van der Waals surface area contributed by atoms with Crippen LogP contribution in [0.3, 0.4) is 0 Å². The maximum absolute atomic E-state index is 12.4. The van der Waals surface area contributed by atoms with Crippen molar-refractivity contribution in [3.05, 3.63) is 41.2 Å². The van der Waals surface area contributed by atoms with E-state index >= 15 is 0 Å². The van der Waals surface area contributed by atoms with Gasteiger partial charge in [-0.3, -0.25) is 9.59 Å². The van der Waals surface area contributed by atoms with Crippen molar-refractivity contribution in [3.8, 4) is 0 Å². The largest absolute Gasteiger partial charge is 0.358 e. The first-order valence-corrected chi connectivity index (χ1v) is 8.28. The van der Waals surface area contributed by atoms with Crippen LogP contribution < -0.4 is 10.6 Å². The lowest BCUT2D eigenvalue weighted by molar-refractivity contribution is -0.118. The first-order chi connectivity index (χ1) is 11.6. The summed E-state index contributed by atoms with van der Waals surface area (Å²) in [5.41, 5.74) is 1.77. The molecule has 6 nitrogen and oxygen atoms in total. The van der Waals surface area contributed by atoms with E-state index in [9.17, 15) is 9.59 Å². The van der Waals surface area contributed by atoms with Crippen LogP contribution in [-0.2, 0) is 10.2 Å². The third kappa shape index (κ3) is 4.47. The minimum absolute atomic E-state index is 0.0647. The zero-order valence-corrected chi connectivity index (χ0v) is 15.6. The second kappa shape index (κ2) is 7.09. The molecule has 0 saturated heterocycles. The van der Waals surface area contributed by atoms with Crippen LogP contribution in [0, 0.1) is 12.8 Å². The lowest BCUT2D eigenvalue weighted by Gasteiger charge is -2.14. The lowest BCUT2D eigenvalue weighted by Crippen LogP contribution is -2.18. The monoisotopic (exact) mass is 343 g/mol. The zero-order chi connectivity index (χ0) is 18.8. The van der Waals surface area contributed by atoms with E-state index < -0.39 is 0 Å². The topological polar surface area (TPSA) is 84.2 Å². The minimum atomic E-state index is -0.279. The lowest BCUT2D eigenvalue weighted by atomic mass is 9.91.